The third-order valence-electron chi connectivity index (χ3n) is 7.59. The highest BCUT2D eigenvalue weighted by Crippen LogP contribution is 2.17. The van der Waals surface area contributed by atoms with Crippen LogP contribution in [0.2, 0.25) is 0 Å². The Morgan fingerprint density at radius 2 is 1.64 bits per heavy atom. The van der Waals surface area contributed by atoms with Crippen molar-refractivity contribution in [2.24, 2.45) is 11.5 Å². The molecule has 0 aliphatic rings. The van der Waals surface area contributed by atoms with Crippen LogP contribution in [-0.4, -0.2) is 94.1 Å². The Kier molecular flexibility index (Phi) is 16.8. The predicted molar refractivity (Wildman–Crippen MR) is 178 cm³/mol. The summed E-state index contributed by atoms with van der Waals surface area (Å²) >= 11 is 0. The van der Waals surface area contributed by atoms with E-state index in [1.54, 1.807) is 49.4 Å². The van der Waals surface area contributed by atoms with Gasteiger partial charge in [-0.25, -0.2) is 0 Å². The summed E-state index contributed by atoms with van der Waals surface area (Å²) in [5.74, 6) is -2.75. The number of aryl methyl sites for hydroxylation is 1. The molecule has 2 rings (SSSR count). The van der Waals surface area contributed by atoms with E-state index >= 15 is 0 Å². The molecular weight excluding hydrogens is 626 g/mol. The second-order valence-electron chi connectivity index (χ2n) is 11.3. The molecule has 2 aromatic carbocycles. The Bertz CT molecular complexity index is 1390. The number of rotatable bonds is 19. The van der Waals surface area contributed by atoms with E-state index in [9.17, 15) is 33.3 Å². The van der Waals surface area contributed by atoms with Gasteiger partial charge in [-0.1, -0.05) is 42.8 Å². The van der Waals surface area contributed by atoms with E-state index in [1.165, 1.54) is 24.3 Å². The molecule has 0 radical (unpaired) electrons. The van der Waals surface area contributed by atoms with Crippen LogP contribution in [0.25, 0.3) is 0 Å². The number of nitrogens with one attached hydrogen (secondary N) is 2. The van der Waals surface area contributed by atoms with E-state index in [4.69, 9.17) is 11.5 Å². The van der Waals surface area contributed by atoms with Crippen LogP contribution in [0.3, 0.4) is 0 Å². The van der Waals surface area contributed by atoms with Crippen molar-refractivity contribution in [3.05, 3.63) is 65.2 Å². The first kappa shape index (κ1) is 39.0. The van der Waals surface area contributed by atoms with Gasteiger partial charge in [0.25, 0.3) is 0 Å². The summed E-state index contributed by atoms with van der Waals surface area (Å²) < 4.78 is 16.2. The zero-order valence-corrected chi connectivity index (χ0v) is 28.1. The highest BCUT2D eigenvalue weighted by molar-refractivity contribution is 7.84. The van der Waals surface area contributed by atoms with Crippen molar-refractivity contribution in [1.82, 2.24) is 15.5 Å². The number of esters is 1. The Labute approximate surface area is 278 Å². The molecular formula is C33H47N5O8S. The van der Waals surface area contributed by atoms with E-state index in [0.717, 1.165) is 16.7 Å². The molecule has 0 bridgehead atoms. The number of ether oxygens (including phenoxy) is 1. The minimum absolute atomic E-state index is 0.0651. The first-order chi connectivity index (χ1) is 22.3. The quantitative estimate of drug-likeness (QED) is 0.104. The van der Waals surface area contributed by atoms with Gasteiger partial charge in [0.15, 0.2) is 0 Å². The van der Waals surface area contributed by atoms with Gasteiger partial charge in [-0.05, 0) is 61.4 Å². The number of amides is 4. The summed E-state index contributed by atoms with van der Waals surface area (Å²) in [7, 11) is 0.124. The number of phenolic OH excluding ortho intramolecular Hbond substituents is 1. The van der Waals surface area contributed by atoms with Gasteiger partial charge < -0.3 is 31.5 Å². The molecule has 4 atom stereocenters. The molecule has 0 heterocycles. The van der Waals surface area contributed by atoms with Crippen molar-refractivity contribution in [2.75, 3.05) is 32.2 Å². The van der Waals surface area contributed by atoms with Crippen LogP contribution in [0, 0.1) is 6.92 Å². The van der Waals surface area contributed by atoms with Crippen LogP contribution < -0.4 is 22.1 Å². The minimum atomic E-state index is -1.18. The fourth-order valence-electron chi connectivity index (χ4n) is 4.82. The molecule has 47 heavy (non-hydrogen) atoms. The van der Waals surface area contributed by atoms with E-state index < -0.39 is 59.1 Å². The number of methoxy groups -OCH3 is 1. The second-order valence-corrected chi connectivity index (χ2v) is 12.9. The molecule has 7 N–H and O–H groups in total. The molecule has 14 heteroatoms. The monoisotopic (exact) mass is 673 g/mol. The lowest BCUT2D eigenvalue weighted by Crippen LogP contribution is -2.56. The summed E-state index contributed by atoms with van der Waals surface area (Å²) in [6.07, 6.45) is 3.48. The van der Waals surface area contributed by atoms with Crippen LogP contribution in [0.4, 0.5) is 0 Å². The van der Waals surface area contributed by atoms with Crippen LogP contribution in [0.15, 0.2) is 48.5 Å². The van der Waals surface area contributed by atoms with Gasteiger partial charge >= 0.3 is 5.97 Å². The number of unbranched alkanes of at least 4 members (excludes halogenated alkanes) is 2. The maximum absolute atomic E-state index is 13.7. The Balaban J connectivity index is 2.25. The number of hydrogen-bond donors (Lipinski definition) is 5. The number of hydrogen-bond acceptors (Lipinski definition) is 10. The lowest BCUT2D eigenvalue weighted by molar-refractivity contribution is -0.143. The molecule has 0 aromatic heterocycles. The Hall–Kier alpha value is -4.14. The van der Waals surface area contributed by atoms with Crippen LogP contribution in [0.5, 0.6) is 5.75 Å². The van der Waals surface area contributed by atoms with Gasteiger partial charge in [-0.15, -0.1) is 0 Å². The molecule has 13 nitrogen and oxygen atoms in total. The third-order valence-corrected chi connectivity index (χ3v) is 8.41. The average molecular weight is 674 g/mol. The first-order valence-electron chi connectivity index (χ1n) is 15.4. The summed E-state index contributed by atoms with van der Waals surface area (Å²) in [6, 6.07) is 10.5. The fourth-order valence-corrected chi connectivity index (χ4v) is 5.41. The normalized spacial score (nSPS) is 13.5. The van der Waals surface area contributed by atoms with Crippen LogP contribution in [0.1, 0.15) is 48.8 Å². The van der Waals surface area contributed by atoms with Gasteiger partial charge in [-0.2, -0.15) is 0 Å². The molecule has 0 aliphatic heterocycles. The summed E-state index contributed by atoms with van der Waals surface area (Å²) in [5.41, 5.74) is 14.3. The van der Waals surface area contributed by atoms with E-state index in [-0.39, 0.29) is 49.7 Å². The van der Waals surface area contributed by atoms with Crippen molar-refractivity contribution >= 4 is 40.4 Å². The van der Waals surface area contributed by atoms with Gasteiger partial charge in [0, 0.05) is 42.2 Å². The predicted octanol–water partition coefficient (Wildman–Crippen LogP) is 0.599. The fraction of sp³-hybridized carbons (Fsp3) is 0.485. The number of carbonyl (C=O) groups excluding carboxylic acids is 5. The lowest BCUT2D eigenvalue weighted by Gasteiger charge is -2.31. The second kappa shape index (κ2) is 20.2. The van der Waals surface area contributed by atoms with E-state index in [2.05, 4.69) is 15.4 Å². The van der Waals surface area contributed by atoms with Gasteiger partial charge in [-0.3, -0.25) is 33.5 Å². The van der Waals surface area contributed by atoms with E-state index in [1.807, 2.05) is 0 Å². The number of nitrogens with two attached hydrogens (primary N) is 2. The topological polar surface area (TPSA) is 211 Å². The van der Waals surface area contributed by atoms with Gasteiger partial charge in [0.05, 0.1) is 25.7 Å². The highest BCUT2D eigenvalue weighted by Gasteiger charge is 2.32. The Morgan fingerprint density at radius 1 is 0.936 bits per heavy atom. The minimum Gasteiger partial charge on any atom is -0.508 e. The van der Waals surface area contributed by atoms with Crippen molar-refractivity contribution in [3.8, 4) is 5.75 Å². The SMILES string of the molecule is COC(=O)CCCCCN(C(=O)CNC(=O)[C@@H](N)Cc1ccc(O)cc1C)[C@@H](Cc1ccccc1)C(=O)NC(=O)C(N)CCS(C)=O. The molecule has 0 fully saturated rings. The zero-order chi connectivity index (χ0) is 34.9. The van der Waals surface area contributed by atoms with E-state index in [0.29, 0.717) is 19.3 Å². The standard InChI is InChI=1S/C33H47N5O8S/c1-22-18-25(39)14-13-24(22)20-27(35)31(42)36-21-29(40)38(16-9-5-8-12-30(41)46-2)28(19-23-10-6-4-7-11-23)33(44)37-32(43)26(34)15-17-47(3)45/h4,6-7,10-11,13-14,18,26-28,39H,5,8-9,12,15-17,19-21,34-35H2,1-3H3,(H,36,42)(H,37,43,44)/t26?,27-,28-,47?/m0/s1. The van der Waals surface area contributed by atoms with Crippen molar-refractivity contribution < 1.29 is 38.0 Å². The molecule has 4 amide bonds. The molecule has 2 aromatic rings. The molecule has 0 saturated heterocycles. The molecule has 2 unspecified atom stereocenters. The zero-order valence-electron chi connectivity index (χ0n) is 27.2. The maximum Gasteiger partial charge on any atom is 0.305 e. The third kappa shape index (κ3) is 14.0. The smallest absolute Gasteiger partial charge is 0.305 e. The number of benzene rings is 2. The summed E-state index contributed by atoms with van der Waals surface area (Å²) in [4.78, 5) is 65.9. The van der Waals surface area contributed by atoms with Crippen LogP contribution in [-0.2, 0) is 52.4 Å². The molecule has 0 saturated carbocycles. The number of nitrogens with zero attached hydrogens (tertiary/aromatic N) is 1. The van der Waals surface area contributed by atoms with Gasteiger partial charge in [0.1, 0.15) is 11.8 Å². The Morgan fingerprint density at radius 3 is 2.28 bits per heavy atom. The summed E-state index contributed by atoms with van der Waals surface area (Å²) in [5, 5.41) is 14.6. The lowest BCUT2D eigenvalue weighted by atomic mass is 10.0. The van der Waals surface area contributed by atoms with Crippen molar-refractivity contribution in [2.45, 2.75) is 70.0 Å². The highest BCUT2D eigenvalue weighted by atomic mass is 32.2. The average Bonchev–Trinajstić information content (AvgIpc) is 3.04. The number of aromatic hydroxyl groups is 1. The number of imide groups is 1. The maximum atomic E-state index is 13.7. The molecule has 258 valence electrons. The largest absolute Gasteiger partial charge is 0.508 e. The number of phenols is 1. The van der Waals surface area contributed by atoms with Gasteiger partial charge in [0.2, 0.25) is 23.6 Å². The number of carbonyl (C=O) groups is 5. The van der Waals surface area contributed by atoms with Crippen molar-refractivity contribution in [1.29, 1.82) is 0 Å². The van der Waals surface area contributed by atoms with Crippen molar-refractivity contribution in [3.63, 3.8) is 0 Å². The molecule has 0 aliphatic carbocycles. The van der Waals surface area contributed by atoms with Crippen LogP contribution >= 0.6 is 0 Å². The summed E-state index contributed by atoms with van der Waals surface area (Å²) in [6.45, 7) is 1.42. The first-order valence-corrected chi connectivity index (χ1v) is 17.2. The molecule has 0 spiro atoms.